The average molecular weight is 525 g/mol. The molecule has 13 atom stereocenters. The van der Waals surface area contributed by atoms with Crippen molar-refractivity contribution in [2.45, 2.75) is 62.7 Å². The molecule has 0 spiro atoms. The summed E-state index contributed by atoms with van der Waals surface area (Å²) < 4.78 is 44.6. The molecular formula is C30H36O6S. The summed E-state index contributed by atoms with van der Waals surface area (Å²) in [7, 11) is -4.00. The van der Waals surface area contributed by atoms with Gasteiger partial charge in [0.2, 0.25) is 6.29 Å². The van der Waals surface area contributed by atoms with E-state index in [2.05, 4.69) is 12.2 Å². The monoisotopic (exact) mass is 524 g/mol. The summed E-state index contributed by atoms with van der Waals surface area (Å²) in [6.07, 6.45) is 9.82. The van der Waals surface area contributed by atoms with E-state index in [4.69, 9.17) is 13.7 Å². The van der Waals surface area contributed by atoms with Crippen LogP contribution in [0.4, 0.5) is 0 Å². The largest absolute Gasteiger partial charge is 0.435 e. The maximum Gasteiger partial charge on any atom is 0.314 e. The number of ether oxygens (including phenoxy) is 2. The quantitative estimate of drug-likeness (QED) is 0.240. The Hall–Kier alpha value is -1.70. The van der Waals surface area contributed by atoms with Crippen LogP contribution in [0.5, 0.6) is 0 Å². The van der Waals surface area contributed by atoms with Gasteiger partial charge in [0.05, 0.1) is 23.5 Å². The Morgan fingerprint density at radius 2 is 1.54 bits per heavy atom. The molecule has 0 aromatic heterocycles. The second-order valence-corrected chi connectivity index (χ2v) is 14.5. The molecule has 6 fully saturated rings. The number of hydrogen-bond donors (Lipinski definition) is 0. The topological polar surface area (TPSA) is 78.9 Å². The number of benzene rings is 1. The van der Waals surface area contributed by atoms with E-state index in [0.29, 0.717) is 48.5 Å². The van der Waals surface area contributed by atoms with E-state index in [0.717, 1.165) is 36.7 Å². The zero-order chi connectivity index (χ0) is 25.1. The van der Waals surface area contributed by atoms with Gasteiger partial charge in [-0.3, -0.25) is 8.98 Å². The van der Waals surface area contributed by atoms with Crippen LogP contribution >= 0.6 is 0 Å². The van der Waals surface area contributed by atoms with E-state index in [-0.39, 0.29) is 22.7 Å². The van der Waals surface area contributed by atoms with Gasteiger partial charge in [-0.2, -0.15) is 8.42 Å². The molecule has 13 unspecified atom stereocenters. The fourth-order valence-corrected chi connectivity index (χ4v) is 11.7. The van der Waals surface area contributed by atoms with Gasteiger partial charge in [0, 0.05) is 6.42 Å². The van der Waals surface area contributed by atoms with E-state index >= 15 is 0 Å². The van der Waals surface area contributed by atoms with Crippen LogP contribution < -0.4 is 0 Å². The number of carbonyl (C=O) groups excluding carboxylic acids is 1. The molecule has 0 N–H and O–H groups in total. The zero-order valence-corrected chi connectivity index (χ0v) is 22.1. The maximum absolute atomic E-state index is 13.7. The van der Waals surface area contributed by atoms with E-state index in [1.54, 1.807) is 24.3 Å². The Kier molecular flexibility index (Phi) is 5.11. The average Bonchev–Trinajstić information content (AvgIpc) is 3.71. The first-order chi connectivity index (χ1) is 17.9. The molecule has 8 rings (SSSR count). The van der Waals surface area contributed by atoms with Gasteiger partial charge in [0.15, 0.2) is 0 Å². The highest BCUT2D eigenvalue weighted by molar-refractivity contribution is 7.86. The van der Waals surface area contributed by atoms with Crippen molar-refractivity contribution < 1.29 is 26.9 Å². The molecule has 7 aliphatic rings. The van der Waals surface area contributed by atoms with Gasteiger partial charge in [-0.05, 0) is 110 Å². The fraction of sp³-hybridized carbons (Fsp3) is 0.700. The third kappa shape index (κ3) is 3.29. The van der Waals surface area contributed by atoms with Crippen LogP contribution in [0.25, 0.3) is 0 Å². The second-order valence-electron chi connectivity index (χ2n) is 13.0. The fourth-order valence-electron chi connectivity index (χ4n) is 10.6. The summed E-state index contributed by atoms with van der Waals surface area (Å²) in [6, 6.07) is 6.79. The molecule has 198 valence electrons. The Morgan fingerprint density at radius 1 is 0.865 bits per heavy atom. The van der Waals surface area contributed by atoms with Crippen molar-refractivity contribution in [3.05, 3.63) is 42.0 Å². The van der Waals surface area contributed by atoms with Crippen molar-refractivity contribution in [1.29, 1.82) is 0 Å². The third-order valence-electron chi connectivity index (χ3n) is 11.5. The van der Waals surface area contributed by atoms with Crippen molar-refractivity contribution in [1.82, 2.24) is 0 Å². The van der Waals surface area contributed by atoms with Gasteiger partial charge < -0.3 is 9.47 Å². The molecule has 1 saturated heterocycles. The van der Waals surface area contributed by atoms with E-state index in [1.165, 1.54) is 12.8 Å². The lowest BCUT2D eigenvalue weighted by Crippen LogP contribution is -2.50. The first-order valence-electron chi connectivity index (χ1n) is 14.4. The SMILES string of the molecule is Cc1ccc(S(=O)(=O)OC2C3CC(C2C(=O)OC2CCCCO2)C2C4CC(C5C6C=CC(C6)C45)C32)cc1. The highest BCUT2D eigenvalue weighted by atomic mass is 32.2. The Bertz CT molecular complexity index is 1230. The molecule has 5 saturated carbocycles. The first kappa shape index (κ1) is 23.2. The van der Waals surface area contributed by atoms with Gasteiger partial charge >= 0.3 is 5.97 Å². The van der Waals surface area contributed by atoms with Crippen molar-refractivity contribution in [2.75, 3.05) is 6.61 Å². The van der Waals surface area contributed by atoms with Gasteiger partial charge in [0.25, 0.3) is 10.1 Å². The van der Waals surface area contributed by atoms with Crippen LogP contribution in [0, 0.1) is 72.0 Å². The number of rotatable bonds is 5. The minimum absolute atomic E-state index is 0.0964. The molecule has 0 amide bonds. The van der Waals surface area contributed by atoms with Crippen molar-refractivity contribution in [3.63, 3.8) is 0 Å². The van der Waals surface area contributed by atoms with Crippen molar-refractivity contribution in [2.24, 2.45) is 65.1 Å². The van der Waals surface area contributed by atoms with Gasteiger partial charge in [-0.25, -0.2) is 0 Å². The molecule has 1 aromatic rings. The number of esters is 1. The lowest BCUT2D eigenvalue weighted by Gasteiger charge is -2.47. The summed E-state index contributed by atoms with van der Waals surface area (Å²) in [4.78, 5) is 13.9. The summed E-state index contributed by atoms with van der Waals surface area (Å²) in [6.45, 7) is 2.53. The van der Waals surface area contributed by atoms with Crippen molar-refractivity contribution >= 4 is 16.1 Å². The standard InChI is InChI=1S/C30H36O6S/c1-15-5-9-18(10-6-15)37(32,33)36-29-22-14-21(28(29)30(31)35-23-4-2-3-11-34-23)26-19-13-20(27(22)26)25-17-8-7-16(12-17)24(19)25/h5-10,16-17,19-29H,2-4,11-14H2,1H3. The smallest absolute Gasteiger partial charge is 0.314 e. The number of aryl methyl sites for hydroxylation is 1. The van der Waals surface area contributed by atoms with Crippen LogP contribution in [-0.4, -0.2) is 33.4 Å². The zero-order valence-electron chi connectivity index (χ0n) is 21.3. The molecule has 37 heavy (non-hydrogen) atoms. The first-order valence-corrected chi connectivity index (χ1v) is 15.8. The van der Waals surface area contributed by atoms with Gasteiger partial charge in [0.1, 0.15) is 0 Å². The van der Waals surface area contributed by atoms with Crippen LogP contribution in [0.3, 0.4) is 0 Å². The second kappa shape index (κ2) is 8.15. The van der Waals surface area contributed by atoms with Crippen LogP contribution in [0.1, 0.15) is 44.1 Å². The van der Waals surface area contributed by atoms with Crippen LogP contribution in [0.2, 0.25) is 0 Å². The molecule has 6 bridgehead atoms. The Labute approximate surface area is 219 Å². The van der Waals surface area contributed by atoms with Crippen molar-refractivity contribution in [3.8, 4) is 0 Å². The van der Waals surface area contributed by atoms with Crippen LogP contribution in [-0.2, 0) is 28.6 Å². The molecule has 7 heteroatoms. The number of fused-ring (bicyclic) bond motifs is 16. The predicted molar refractivity (Wildman–Crippen MR) is 134 cm³/mol. The van der Waals surface area contributed by atoms with Crippen LogP contribution in [0.15, 0.2) is 41.3 Å². The van der Waals surface area contributed by atoms with Gasteiger partial charge in [-0.15, -0.1) is 0 Å². The van der Waals surface area contributed by atoms with Gasteiger partial charge in [-0.1, -0.05) is 29.8 Å². The number of hydrogen-bond acceptors (Lipinski definition) is 6. The Morgan fingerprint density at radius 3 is 2.22 bits per heavy atom. The lowest BCUT2D eigenvalue weighted by atomic mass is 9.59. The van der Waals surface area contributed by atoms with E-state index in [9.17, 15) is 13.2 Å². The highest BCUT2D eigenvalue weighted by Gasteiger charge is 2.74. The van der Waals surface area contributed by atoms with E-state index in [1.807, 2.05) is 6.92 Å². The third-order valence-corrected chi connectivity index (χ3v) is 12.8. The number of allylic oxidation sites excluding steroid dienone is 2. The summed E-state index contributed by atoms with van der Waals surface area (Å²) in [5.41, 5.74) is 0.993. The maximum atomic E-state index is 13.7. The molecule has 1 aliphatic heterocycles. The lowest BCUT2D eigenvalue weighted by molar-refractivity contribution is -0.198. The molecule has 6 nitrogen and oxygen atoms in total. The molecule has 1 aromatic carbocycles. The normalized spacial score (nSPS) is 48.4. The minimum atomic E-state index is -4.00. The molecule has 1 heterocycles. The molecule has 0 radical (unpaired) electrons. The number of carbonyl (C=O) groups is 1. The summed E-state index contributed by atoms with van der Waals surface area (Å²) >= 11 is 0. The highest BCUT2D eigenvalue weighted by Crippen LogP contribution is 2.76. The predicted octanol–water partition coefficient (Wildman–Crippen LogP) is 4.73. The molecule has 6 aliphatic carbocycles. The Balaban J connectivity index is 1.12. The minimum Gasteiger partial charge on any atom is -0.435 e. The molecular weight excluding hydrogens is 488 g/mol. The summed E-state index contributed by atoms with van der Waals surface area (Å²) in [5, 5.41) is 0. The summed E-state index contributed by atoms with van der Waals surface area (Å²) in [5.74, 6) is 4.57. The van der Waals surface area contributed by atoms with E-state index < -0.39 is 28.4 Å².